The summed E-state index contributed by atoms with van der Waals surface area (Å²) in [7, 11) is 1.92. The Hall–Kier alpha value is -1.06. The number of carbonyl (C=O) groups is 1. The molecule has 1 aromatic carbocycles. The SMILES string of the molecule is CCCCN1[C@@H](C)CCC[C@H]1C(=O)N(C)c1ccccc1C.Cl. The molecular formula is C19H31ClN2O. The zero-order valence-electron chi connectivity index (χ0n) is 14.9. The molecule has 0 unspecified atom stereocenters. The number of amides is 1. The predicted molar refractivity (Wildman–Crippen MR) is 101 cm³/mol. The Balaban J connectivity index is 0.00000264. The van der Waals surface area contributed by atoms with E-state index < -0.39 is 0 Å². The summed E-state index contributed by atoms with van der Waals surface area (Å²) in [5.74, 6) is 0.247. The van der Waals surface area contributed by atoms with Crippen molar-refractivity contribution in [2.75, 3.05) is 18.5 Å². The van der Waals surface area contributed by atoms with Gasteiger partial charge in [-0.15, -0.1) is 12.4 Å². The molecule has 0 bridgehead atoms. The normalized spacial score (nSPS) is 21.6. The van der Waals surface area contributed by atoms with Gasteiger partial charge in [-0.25, -0.2) is 0 Å². The quantitative estimate of drug-likeness (QED) is 0.793. The molecule has 0 aliphatic carbocycles. The van der Waals surface area contributed by atoms with Crippen molar-refractivity contribution in [1.82, 2.24) is 4.90 Å². The van der Waals surface area contributed by atoms with E-state index in [-0.39, 0.29) is 24.4 Å². The van der Waals surface area contributed by atoms with Gasteiger partial charge in [0.25, 0.3) is 0 Å². The van der Waals surface area contributed by atoms with E-state index in [4.69, 9.17) is 0 Å². The number of hydrogen-bond donors (Lipinski definition) is 0. The molecule has 1 fully saturated rings. The number of likely N-dealkylation sites (tertiary alicyclic amines) is 1. The van der Waals surface area contributed by atoms with E-state index in [1.807, 2.05) is 30.1 Å². The topological polar surface area (TPSA) is 23.6 Å². The number of unbranched alkanes of at least 4 members (excludes halogenated alkanes) is 1. The molecule has 1 amide bonds. The van der Waals surface area contributed by atoms with Gasteiger partial charge >= 0.3 is 0 Å². The van der Waals surface area contributed by atoms with Crippen LogP contribution < -0.4 is 4.90 Å². The summed E-state index contributed by atoms with van der Waals surface area (Å²) in [5, 5.41) is 0. The van der Waals surface area contributed by atoms with Crippen molar-refractivity contribution < 1.29 is 4.79 Å². The van der Waals surface area contributed by atoms with Gasteiger partial charge in [0.2, 0.25) is 5.91 Å². The lowest BCUT2D eigenvalue weighted by molar-refractivity contribution is -0.126. The number of carbonyl (C=O) groups excluding carboxylic acids is 1. The number of hydrogen-bond acceptors (Lipinski definition) is 2. The van der Waals surface area contributed by atoms with Gasteiger partial charge in [-0.1, -0.05) is 31.5 Å². The number of para-hydroxylation sites is 1. The minimum Gasteiger partial charge on any atom is -0.314 e. The molecule has 0 radical (unpaired) electrons. The molecule has 1 saturated heterocycles. The van der Waals surface area contributed by atoms with Crippen LogP contribution in [-0.4, -0.2) is 36.5 Å². The minimum atomic E-state index is 0. The van der Waals surface area contributed by atoms with E-state index in [1.54, 1.807) is 0 Å². The van der Waals surface area contributed by atoms with Crippen LogP contribution in [0, 0.1) is 6.92 Å². The predicted octanol–water partition coefficient (Wildman–Crippen LogP) is 4.42. The Labute approximate surface area is 147 Å². The highest BCUT2D eigenvalue weighted by molar-refractivity contribution is 5.97. The highest BCUT2D eigenvalue weighted by Gasteiger charge is 2.34. The Morgan fingerprint density at radius 1 is 1.30 bits per heavy atom. The molecule has 4 heteroatoms. The smallest absolute Gasteiger partial charge is 0.244 e. The first-order valence-electron chi connectivity index (χ1n) is 8.65. The number of benzene rings is 1. The molecule has 0 N–H and O–H groups in total. The lowest BCUT2D eigenvalue weighted by Gasteiger charge is -2.41. The van der Waals surface area contributed by atoms with E-state index in [2.05, 4.69) is 31.7 Å². The molecule has 1 heterocycles. The molecule has 1 aromatic rings. The second kappa shape index (κ2) is 9.29. The first kappa shape index (κ1) is 20.0. The third-order valence-corrected chi connectivity index (χ3v) is 4.93. The molecule has 23 heavy (non-hydrogen) atoms. The largest absolute Gasteiger partial charge is 0.314 e. The van der Waals surface area contributed by atoms with Crippen molar-refractivity contribution in [2.45, 2.75) is 65.0 Å². The summed E-state index contributed by atoms with van der Waals surface area (Å²) < 4.78 is 0. The van der Waals surface area contributed by atoms with Gasteiger partial charge in [-0.05, 0) is 57.7 Å². The number of aryl methyl sites for hydroxylation is 1. The van der Waals surface area contributed by atoms with Gasteiger partial charge in [0.1, 0.15) is 0 Å². The van der Waals surface area contributed by atoms with Crippen LogP contribution in [0.5, 0.6) is 0 Å². The number of rotatable bonds is 5. The van der Waals surface area contributed by atoms with Crippen molar-refractivity contribution in [3.63, 3.8) is 0 Å². The third-order valence-electron chi connectivity index (χ3n) is 4.93. The summed E-state index contributed by atoms with van der Waals surface area (Å²) in [6.45, 7) is 7.58. The van der Waals surface area contributed by atoms with Crippen molar-refractivity contribution in [1.29, 1.82) is 0 Å². The van der Waals surface area contributed by atoms with E-state index >= 15 is 0 Å². The van der Waals surface area contributed by atoms with Crippen LogP contribution in [0.2, 0.25) is 0 Å². The molecule has 1 aliphatic heterocycles. The van der Waals surface area contributed by atoms with Crippen molar-refractivity contribution in [3.8, 4) is 0 Å². The van der Waals surface area contributed by atoms with Crippen molar-refractivity contribution in [2.24, 2.45) is 0 Å². The van der Waals surface area contributed by atoms with Gasteiger partial charge in [-0.2, -0.15) is 0 Å². The van der Waals surface area contributed by atoms with Gasteiger partial charge in [0.05, 0.1) is 6.04 Å². The lowest BCUT2D eigenvalue weighted by atomic mass is 9.94. The zero-order valence-corrected chi connectivity index (χ0v) is 15.7. The van der Waals surface area contributed by atoms with Gasteiger partial charge < -0.3 is 4.90 Å². The molecule has 0 spiro atoms. The van der Waals surface area contributed by atoms with E-state index in [9.17, 15) is 4.79 Å². The van der Waals surface area contributed by atoms with Crippen LogP contribution in [0.15, 0.2) is 24.3 Å². The summed E-state index contributed by atoms with van der Waals surface area (Å²) in [6, 6.07) is 8.69. The molecule has 2 atom stereocenters. The van der Waals surface area contributed by atoms with Crippen LogP contribution in [-0.2, 0) is 4.79 Å². The first-order valence-corrected chi connectivity index (χ1v) is 8.65. The van der Waals surface area contributed by atoms with Gasteiger partial charge in [0.15, 0.2) is 0 Å². The average Bonchev–Trinajstić information content (AvgIpc) is 2.52. The fourth-order valence-electron chi connectivity index (χ4n) is 3.51. The molecule has 3 nitrogen and oxygen atoms in total. The maximum absolute atomic E-state index is 13.1. The fraction of sp³-hybridized carbons (Fsp3) is 0.632. The highest BCUT2D eigenvalue weighted by atomic mass is 35.5. The maximum atomic E-state index is 13.1. The van der Waals surface area contributed by atoms with Crippen LogP contribution >= 0.6 is 12.4 Å². The molecule has 0 aromatic heterocycles. The van der Waals surface area contributed by atoms with Crippen molar-refractivity contribution >= 4 is 24.0 Å². The van der Waals surface area contributed by atoms with E-state index in [0.29, 0.717) is 6.04 Å². The summed E-state index contributed by atoms with van der Waals surface area (Å²) in [4.78, 5) is 17.3. The van der Waals surface area contributed by atoms with E-state index in [0.717, 1.165) is 30.6 Å². The lowest BCUT2D eigenvalue weighted by Crippen LogP contribution is -2.53. The number of piperidine rings is 1. The Kier molecular flexibility index (Phi) is 8.07. The molecular weight excluding hydrogens is 308 g/mol. The third kappa shape index (κ3) is 4.71. The maximum Gasteiger partial charge on any atom is 0.244 e. The molecule has 1 aliphatic rings. The minimum absolute atomic E-state index is 0. The van der Waals surface area contributed by atoms with E-state index in [1.165, 1.54) is 19.3 Å². The van der Waals surface area contributed by atoms with Crippen LogP contribution in [0.4, 0.5) is 5.69 Å². The first-order chi connectivity index (χ1) is 10.6. The molecule has 2 rings (SSSR count). The zero-order chi connectivity index (χ0) is 16.1. The summed E-state index contributed by atoms with van der Waals surface area (Å²) in [6.07, 6.45) is 5.70. The molecule has 0 saturated carbocycles. The highest BCUT2D eigenvalue weighted by Crippen LogP contribution is 2.27. The Bertz CT molecular complexity index is 506. The Morgan fingerprint density at radius 2 is 2.00 bits per heavy atom. The number of likely N-dealkylation sites (N-methyl/N-ethyl adjacent to an activating group) is 1. The molecule has 130 valence electrons. The number of anilines is 1. The van der Waals surface area contributed by atoms with Crippen molar-refractivity contribution in [3.05, 3.63) is 29.8 Å². The Morgan fingerprint density at radius 3 is 2.65 bits per heavy atom. The van der Waals surface area contributed by atoms with Gasteiger partial charge in [0, 0.05) is 18.8 Å². The summed E-state index contributed by atoms with van der Waals surface area (Å²) >= 11 is 0. The van der Waals surface area contributed by atoms with Gasteiger partial charge in [-0.3, -0.25) is 9.69 Å². The number of halogens is 1. The fourth-order valence-corrected chi connectivity index (χ4v) is 3.51. The van der Waals surface area contributed by atoms with Crippen LogP contribution in [0.1, 0.15) is 51.5 Å². The second-order valence-corrected chi connectivity index (χ2v) is 6.57. The van der Waals surface area contributed by atoms with Crippen LogP contribution in [0.25, 0.3) is 0 Å². The monoisotopic (exact) mass is 338 g/mol. The number of nitrogens with zero attached hydrogens (tertiary/aromatic N) is 2. The van der Waals surface area contributed by atoms with Crippen LogP contribution in [0.3, 0.4) is 0 Å². The summed E-state index contributed by atoms with van der Waals surface area (Å²) in [5.41, 5.74) is 2.18. The standard InChI is InChI=1S/C19H30N2O.ClH/c1-5-6-14-21-16(3)11-9-13-18(21)19(22)20(4)17-12-8-7-10-15(17)2;/h7-8,10,12,16,18H,5-6,9,11,13-14H2,1-4H3;1H/t16-,18-;/m0./s1. The second-order valence-electron chi connectivity index (χ2n) is 6.57. The average molecular weight is 339 g/mol.